The topological polar surface area (TPSA) is 55.4 Å². The minimum atomic E-state index is -5.04. The van der Waals surface area contributed by atoms with Gasteiger partial charge >= 0.3 is 18.3 Å². The number of hydrogen-bond donors (Lipinski definition) is 1. The predicted molar refractivity (Wildman–Crippen MR) is 82.2 cm³/mol. The van der Waals surface area contributed by atoms with Crippen LogP contribution in [0.3, 0.4) is 0 Å². The third-order valence-corrected chi connectivity index (χ3v) is 3.39. The maximum Gasteiger partial charge on any atom is 0.416 e. The van der Waals surface area contributed by atoms with Crippen LogP contribution < -0.4 is 5.32 Å². The average molecular weight is 391 g/mol. The first-order chi connectivity index (χ1) is 12.4. The first-order valence-corrected chi connectivity index (χ1v) is 7.21. The van der Waals surface area contributed by atoms with Gasteiger partial charge < -0.3 is 10.1 Å². The fourth-order valence-electron chi connectivity index (χ4n) is 2.14. The zero-order chi connectivity index (χ0) is 20.4. The summed E-state index contributed by atoms with van der Waals surface area (Å²) in [6.07, 6.45) is -10.1. The normalized spacial score (nSPS) is 11.8. The number of ether oxygens (including phenoxy) is 1. The minimum Gasteiger partial charge on any atom is -0.465 e. The van der Waals surface area contributed by atoms with Gasteiger partial charge in [0.15, 0.2) is 0 Å². The van der Waals surface area contributed by atoms with Crippen LogP contribution in [0.1, 0.15) is 31.8 Å². The molecular formula is C17H11F6NO3. The first kappa shape index (κ1) is 20.3. The first-order valence-electron chi connectivity index (χ1n) is 7.21. The van der Waals surface area contributed by atoms with Crippen LogP contribution in [0.4, 0.5) is 32.0 Å². The Labute approximate surface area is 148 Å². The number of amides is 1. The fraction of sp³-hybridized carbons (Fsp3) is 0.176. The van der Waals surface area contributed by atoms with Crippen molar-refractivity contribution in [3.05, 3.63) is 64.7 Å². The Bertz CT molecular complexity index is 841. The van der Waals surface area contributed by atoms with Gasteiger partial charge in [0.2, 0.25) is 0 Å². The maximum atomic E-state index is 12.8. The zero-order valence-electron chi connectivity index (χ0n) is 13.5. The van der Waals surface area contributed by atoms with Gasteiger partial charge in [-0.15, -0.1) is 0 Å². The molecule has 0 spiro atoms. The molecule has 0 aromatic heterocycles. The molecular weight excluding hydrogens is 380 g/mol. The van der Waals surface area contributed by atoms with Crippen molar-refractivity contribution >= 4 is 17.6 Å². The molecule has 1 N–H and O–H groups in total. The molecule has 0 radical (unpaired) electrons. The van der Waals surface area contributed by atoms with Gasteiger partial charge in [0.25, 0.3) is 5.91 Å². The second kappa shape index (κ2) is 7.29. The van der Waals surface area contributed by atoms with E-state index in [2.05, 4.69) is 4.74 Å². The van der Waals surface area contributed by atoms with E-state index in [1.165, 1.54) is 18.2 Å². The SMILES string of the molecule is COC(=O)c1cccc(C(=O)Nc2cc(C(F)(F)F)cc(C(F)(F)F)c2)c1. The molecule has 27 heavy (non-hydrogen) atoms. The van der Waals surface area contributed by atoms with Gasteiger partial charge in [-0.3, -0.25) is 4.79 Å². The van der Waals surface area contributed by atoms with Crippen LogP contribution in [0.15, 0.2) is 42.5 Å². The summed E-state index contributed by atoms with van der Waals surface area (Å²) in [5.74, 6) is -1.75. The Hall–Kier alpha value is -3.04. The van der Waals surface area contributed by atoms with Gasteiger partial charge in [-0.25, -0.2) is 4.79 Å². The van der Waals surface area contributed by atoms with Crippen molar-refractivity contribution in [2.24, 2.45) is 0 Å². The molecule has 0 aliphatic rings. The monoisotopic (exact) mass is 391 g/mol. The highest BCUT2D eigenvalue weighted by Gasteiger charge is 2.37. The van der Waals surface area contributed by atoms with Crippen molar-refractivity contribution in [3.8, 4) is 0 Å². The van der Waals surface area contributed by atoms with Crippen LogP contribution in [0, 0.1) is 0 Å². The van der Waals surface area contributed by atoms with E-state index < -0.39 is 41.0 Å². The summed E-state index contributed by atoms with van der Waals surface area (Å²) < 4.78 is 81.5. The number of nitrogens with one attached hydrogen (secondary N) is 1. The standard InChI is InChI=1S/C17H11F6NO3/c1-27-15(26)10-4-2-3-9(5-10)14(25)24-13-7-11(16(18,19)20)6-12(8-13)17(21,22)23/h2-8H,1H3,(H,24,25). The lowest BCUT2D eigenvalue weighted by molar-refractivity contribution is -0.143. The highest BCUT2D eigenvalue weighted by molar-refractivity contribution is 6.05. The number of esters is 1. The molecule has 10 heteroatoms. The van der Waals surface area contributed by atoms with Gasteiger partial charge in [0, 0.05) is 11.3 Å². The van der Waals surface area contributed by atoms with Crippen LogP contribution in [0.2, 0.25) is 0 Å². The summed E-state index contributed by atoms with van der Waals surface area (Å²) in [5, 5.41) is 1.98. The molecule has 0 atom stereocenters. The quantitative estimate of drug-likeness (QED) is 0.606. The fourth-order valence-corrected chi connectivity index (χ4v) is 2.14. The Morgan fingerprint density at radius 2 is 1.37 bits per heavy atom. The number of carbonyl (C=O) groups excluding carboxylic acids is 2. The van der Waals surface area contributed by atoms with Crippen molar-refractivity contribution < 1.29 is 40.7 Å². The van der Waals surface area contributed by atoms with E-state index in [0.717, 1.165) is 13.2 Å². The lowest BCUT2D eigenvalue weighted by atomic mass is 10.1. The molecule has 2 aromatic carbocycles. The summed E-state index contributed by atoms with van der Waals surface area (Å²) >= 11 is 0. The molecule has 2 rings (SSSR count). The molecule has 0 aliphatic heterocycles. The van der Waals surface area contributed by atoms with Crippen LogP contribution in [0.5, 0.6) is 0 Å². The molecule has 0 fully saturated rings. The number of anilines is 1. The minimum absolute atomic E-state index is 0.00910. The second-order valence-corrected chi connectivity index (χ2v) is 5.32. The van der Waals surface area contributed by atoms with E-state index in [9.17, 15) is 35.9 Å². The summed E-state index contributed by atoms with van der Waals surface area (Å²) in [6.45, 7) is 0. The molecule has 144 valence electrons. The number of benzene rings is 2. The number of methoxy groups -OCH3 is 1. The Balaban J connectivity index is 2.39. The van der Waals surface area contributed by atoms with E-state index in [1.54, 1.807) is 0 Å². The molecule has 0 saturated heterocycles. The van der Waals surface area contributed by atoms with E-state index in [4.69, 9.17) is 0 Å². The van der Waals surface area contributed by atoms with Crippen LogP contribution in [-0.4, -0.2) is 19.0 Å². The zero-order valence-corrected chi connectivity index (χ0v) is 13.5. The highest BCUT2D eigenvalue weighted by Crippen LogP contribution is 2.37. The van der Waals surface area contributed by atoms with Gasteiger partial charge in [-0.2, -0.15) is 26.3 Å². The molecule has 0 unspecified atom stereocenters. The van der Waals surface area contributed by atoms with Gasteiger partial charge in [-0.1, -0.05) is 6.07 Å². The van der Waals surface area contributed by atoms with Crippen molar-refractivity contribution in [3.63, 3.8) is 0 Å². The lowest BCUT2D eigenvalue weighted by Gasteiger charge is -2.15. The number of hydrogen-bond acceptors (Lipinski definition) is 3. The molecule has 1 amide bonds. The van der Waals surface area contributed by atoms with Crippen molar-refractivity contribution in [2.45, 2.75) is 12.4 Å². The van der Waals surface area contributed by atoms with E-state index in [-0.39, 0.29) is 17.2 Å². The van der Waals surface area contributed by atoms with E-state index >= 15 is 0 Å². The van der Waals surface area contributed by atoms with Crippen molar-refractivity contribution in [2.75, 3.05) is 12.4 Å². The lowest BCUT2D eigenvalue weighted by Crippen LogP contribution is -2.16. The number of alkyl halides is 6. The maximum absolute atomic E-state index is 12.8. The summed E-state index contributed by atoms with van der Waals surface area (Å²) in [6, 6.07) is 5.70. The number of halogens is 6. The summed E-state index contributed by atoms with van der Waals surface area (Å²) in [4.78, 5) is 23.6. The third-order valence-electron chi connectivity index (χ3n) is 3.39. The van der Waals surface area contributed by atoms with Crippen LogP contribution >= 0.6 is 0 Å². The molecule has 2 aromatic rings. The Morgan fingerprint density at radius 1 is 0.852 bits per heavy atom. The van der Waals surface area contributed by atoms with E-state index in [1.807, 2.05) is 5.32 Å². The Kier molecular flexibility index (Phi) is 5.48. The molecule has 0 heterocycles. The van der Waals surface area contributed by atoms with Crippen LogP contribution in [-0.2, 0) is 17.1 Å². The molecule has 0 bridgehead atoms. The van der Waals surface area contributed by atoms with Gasteiger partial charge in [0.05, 0.1) is 23.8 Å². The largest absolute Gasteiger partial charge is 0.465 e. The number of rotatable bonds is 3. The Morgan fingerprint density at radius 3 is 1.85 bits per heavy atom. The molecule has 0 aliphatic carbocycles. The van der Waals surface area contributed by atoms with Crippen molar-refractivity contribution in [1.29, 1.82) is 0 Å². The average Bonchev–Trinajstić information content (AvgIpc) is 2.59. The predicted octanol–water partition coefficient (Wildman–Crippen LogP) is 4.76. The van der Waals surface area contributed by atoms with Gasteiger partial charge in [0.1, 0.15) is 0 Å². The smallest absolute Gasteiger partial charge is 0.416 e. The number of carbonyl (C=O) groups is 2. The molecule has 4 nitrogen and oxygen atoms in total. The van der Waals surface area contributed by atoms with Crippen LogP contribution in [0.25, 0.3) is 0 Å². The van der Waals surface area contributed by atoms with E-state index in [0.29, 0.717) is 12.1 Å². The third kappa shape index (κ3) is 4.99. The highest BCUT2D eigenvalue weighted by atomic mass is 19.4. The van der Waals surface area contributed by atoms with Crippen molar-refractivity contribution in [1.82, 2.24) is 0 Å². The van der Waals surface area contributed by atoms with Gasteiger partial charge in [-0.05, 0) is 36.4 Å². The summed E-state index contributed by atoms with van der Waals surface area (Å²) in [5.41, 5.74) is -3.97. The molecule has 0 saturated carbocycles. The second-order valence-electron chi connectivity index (χ2n) is 5.32. The summed E-state index contributed by atoms with van der Waals surface area (Å²) in [7, 11) is 1.11.